The predicted molar refractivity (Wildman–Crippen MR) is 111 cm³/mol. The van der Waals surface area contributed by atoms with Crippen LogP contribution in [0, 0.1) is 24.0 Å². The molecule has 0 unspecified atom stereocenters. The van der Waals surface area contributed by atoms with Gasteiger partial charge in [0.05, 0.1) is 12.2 Å². The number of hydrogen-bond acceptors (Lipinski definition) is 3. The first kappa shape index (κ1) is 20.3. The largest absolute Gasteiger partial charge is 0.342 e. The van der Waals surface area contributed by atoms with Crippen LogP contribution in [0.15, 0.2) is 42.5 Å². The first-order valence-electron chi connectivity index (χ1n) is 9.67. The van der Waals surface area contributed by atoms with Crippen LogP contribution < -0.4 is 10.6 Å². The number of nitrogens with one attached hydrogen (secondary N) is 2. The third-order valence-electron chi connectivity index (χ3n) is 5.02. The topological polar surface area (TPSA) is 76.0 Å². The van der Waals surface area contributed by atoms with Crippen molar-refractivity contribution in [3.8, 4) is 18.0 Å². The first-order valence-corrected chi connectivity index (χ1v) is 9.67. The lowest BCUT2D eigenvalue weighted by Crippen LogP contribution is -2.33. The van der Waals surface area contributed by atoms with Gasteiger partial charge in [0.2, 0.25) is 5.91 Å². The van der Waals surface area contributed by atoms with E-state index < -0.39 is 23.4 Å². The molecule has 3 aromatic rings. The zero-order chi connectivity index (χ0) is 22.0. The molecule has 0 saturated carbocycles. The van der Waals surface area contributed by atoms with Gasteiger partial charge in [0, 0.05) is 28.6 Å². The Labute approximate surface area is 177 Å². The second-order valence-electron chi connectivity index (χ2n) is 7.09. The Morgan fingerprint density at radius 3 is 2.74 bits per heavy atom. The molecule has 156 valence electrons. The third-order valence-corrected chi connectivity index (χ3v) is 5.02. The molecule has 1 aliphatic rings. The monoisotopic (exact) mass is 420 g/mol. The number of anilines is 1. The van der Waals surface area contributed by atoms with E-state index in [2.05, 4.69) is 21.7 Å². The van der Waals surface area contributed by atoms with Gasteiger partial charge in [-0.1, -0.05) is 12.0 Å². The lowest BCUT2D eigenvalue weighted by atomic mass is 10.2. The molecule has 0 atom stereocenters. The summed E-state index contributed by atoms with van der Waals surface area (Å²) in [5.41, 5.74) is 3.20. The van der Waals surface area contributed by atoms with E-state index in [0.29, 0.717) is 29.8 Å². The van der Waals surface area contributed by atoms with Crippen molar-refractivity contribution in [2.24, 2.45) is 0 Å². The van der Waals surface area contributed by atoms with Crippen LogP contribution in [0.3, 0.4) is 0 Å². The molecule has 6 nitrogen and oxygen atoms in total. The Bertz CT molecular complexity index is 1230. The highest BCUT2D eigenvalue weighted by Crippen LogP contribution is 2.28. The highest BCUT2D eigenvalue weighted by molar-refractivity contribution is 5.99. The van der Waals surface area contributed by atoms with Crippen LogP contribution in [-0.4, -0.2) is 28.1 Å². The second kappa shape index (κ2) is 8.40. The minimum absolute atomic E-state index is 0.180. The fraction of sp³-hybridized carbons (Fsp3) is 0.174. The molecular weight excluding hydrogens is 402 g/mol. The highest BCUT2D eigenvalue weighted by Gasteiger charge is 2.27. The summed E-state index contributed by atoms with van der Waals surface area (Å²) in [6.45, 7) is -0.258. The summed E-state index contributed by atoms with van der Waals surface area (Å²) in [4.78, 5) is 24.9. The molecule has 1 aliphatic carbocycles. The normalized spacial score (nSPS) is 12.2. The van der Waals surface area contributed by atoms with Crippen molar-refractivity contribution in [1.82, 2.24) is 15.1 Å². The molecule has 8 heteroatoms. The number of halogens is 2. The molecule has 0 spiro atoms. The SMILES string of the molecule is C#Cc1cccc(NC(=O)CNC(=O)c2nn(-c3ccc(F)c(F)c3)c3c2CCC3)c1. The highest BCUT2D eigenvalue weighted by atomic mass is 19.2. The molecule has 0 aliphatic heterocycles. The van der Waals surface area contributed by atoms with Gasteiger partial charge in [-0.2, -0.15) is 5.10 Å². The van der Waals surface area contributed by atoms with E-state index in [1.54, 1.807) is 24.3 Å². The fourth-order valence-electron chi connectivity index (χ4n) is 3.59. The van der Waals surface area contributed by atoms with Crippen LogP contribution in [0.2, 0.25) is 0 Å². The van der Waals surface area contributed by atoms with Gasteiger partial charge in [0.15, 0.2) is 17.3 Å². The number of rotatable bonds is 5. The lowest BCUT2D eigenvalue weighted by molar-refractivity contribution is -0.115. The van der Waals surface area contributed by atoms with Gasteiger partial charge in [-0.15, -0.1) is 6.42 Å². The number of carbonyl (C=O) groups is 2. The molecule has 2 amide bonds. The van der Waals surface area contributed by atoms with Gasteiger partial charge in [-0.25, -0.2) is 13.5 Å². The van der Waals surface area contributed by atoms with Gasteiger partial charge in [-0.3, -0.25) is 9.59 Å². The molecule has 0 radical (unpaired) electrons. The fourth-order valence-corrected chi connectivity index (χ4v) is 3.59. The van der Waals surface area contributed by atoms with Crippen molar-refractivity contribution < 1.29 is 18.4 Å². The van der Waals surface area contributed by atoms with E-state index in [-0.39, 0.29) is 12.2 Å². The number of hydrogen-bond donors (Lipinski definition) is 2. The average molecular weight is 420 g/mol. The number of benzene rings is 2. The van der Waals surface area contributed by atoms with Crippen molar-refractivity contribution in [2.45, 2.75) is 19.3 Å². The van der Waals surface area contributed by atoms with Gasteiger partial charge in [-0.05, 0) is 49.6 Å². The van der Waals surface area contributed by atoms with E-state index in [1.165, 1.54) is 10.7 Å². The molecule has 0 fully saturated rings. The number of fused-ring (bicyclic) bond motifs is 1. The lowest BCUT2D eigenvalue weighted by Gasteiger charge is -2.07. The Morgan fingerprint density at radius 2 is 1.97 bits per heavy atom. The molecule has 2 N–H and O–H groups in total. The van der Waals surface area contributed by atoms with Crippen LogP contribution in [-0.2, 0) is 17.6 Å². The molecule has 0 saturated heterocycles. The number of nitrogens with zero attached hydrogens (tertiary/aromatic N) is 2. The summed E-state index contributed by atoms with van der Waals surface area (Å²) in [6, 6.07) is 10.3. The number of aromatic nitrogens is 2. The zero-order valence-electron chi connectivity index (χ0n) is 16.4. The Balaban J connectivity index is 1.48. The number of terminal acetylenes is 1. The van der Waals surface area contributed by atoms with Crippen LogP contribution >= 0.6 is 0 Å². The minimum Gasteiger partial charge on any atom is -0.342 e. The average Bonchev–Trinajstić information content (AvgIpc) is 3.37. The second-order valence-corrected chi connectivity index (χ2v) is 7.09. The summed E-state index contributed by atoms with van der Waals surface area (Å²) >= 11 is 0. The smallest absolute Gasteiger partial charge is 0.272 e. The van der Waals surface area contributed by atoms with Crippen LogP contribution in [0.25, 0.3) is 5.69 Å². The molecular formula is C23H18F2N4O2. The Kier molecular flexibility index (Phi) is 5.50. The maximum Gasteiger partial charge on any atom is 0.272 e. The summed E-state index contributed by atoms with van der Waals surface area (Å²) in [6.07, 6.45) is 7.48. The van der Waals surface area contributed by atoms with Crippen LogP contribution in [0.1, 0.15) is 33.7 Å². The van der Waals surface area contributed by atoms with Crippen molar-refractivity contribution in [3.63, 3.8) is 0 Å². The molecule has 1 heterocycles. The van der Waals surface area contributed by atoms with Crippen LogP contribution in [0.4, 0.5) is 14.5 Å². The molecule has 31 heavy (non-hydrogen) atoms. The summed E-state index contributed by atoms with van der Waals surface area (Å²) in [5, 5.41) is 9.55. The molecule has 4 rings (SSSR count). The predicted octanol–water partition coefficient (Wildman–Crippen LogP) is 2.99. The number of amides is 2. The first-order chi connectivity index (χ1) is 15.0. The number of carbonyl (C=O) groups excluding carboxylic acids is 2. The zero-order valence-corrected chi connectivity index (χ0v) is 16.4. The van der Waals surface area contributed by atoms with Gasteiger partial charge < -0.3 is 10.6 Å². The summed E-state index contributed by atoms with van der Waals surface area (Å²) in [7, 11) is 0. The Morgan fingerprint density at radius 1 is 1.13 bits per heavy atom. The maximum atomic E-state index is 13.7. The molecule has 1 aromatic heterocycles. The van der Waals surface area contributed by atoms with Gasteiger partial charge in [0.1, 0.15) is 0 Å². The van der Waals surface area contributed by atoms with Crippen molar-refractivity contribution in [3.05, 3.63) is 76.6 Å². The maximum absolute atomic E-state index is 13.7. The minimum atomic E-state index is -0.990. The Hall–Kier alpha value is -3.99. The van der Waals surface area contributed by atoms with Crippen molar-refractivity contribution in [2.75, 3.05) is 11.9 Å². The quantitative estimate of drug-likeness (QED) is 0.623. The van der Waals surface area contributed by atoms with Gasteiger partial charge >= 0.3 is 0 Å². The summed E-state index contributed by atoms with van der Waals surface area (Å²) < 4.78 is 28.4. The van der Waals surface area contributed by atoms with Crippen LogP contribution in [0.5, 0.6) is 0 Å². The van der Waals surface area contributed by atoms with E-state index in [1.807, 2.05) is 0 Å². The van der Waals surface area contributed by atoms with E-state index in [0.717, 1.165) is 29.8 Å². The molecule has 0 bridgehead atoms. The van der Waals surface area contributed by atoms with E-state index in [4.69, 9.17) is 6.42 Å². The van der Waals surface area contributed by atoms with Crippen molar-refractivity contribution >= 4 is 17.5 Å². The standard InChI is InChI=1S/C23H18F2N4O2/c1-2-14-5-3-6-15(11-14)27-21(30)13-26-23(31)22-17-7-4-8-20(17)29(28-22)16-9-10-18(24)19(25)12-16/h1,3,5-6,9-12H,4,7-8,13H2,(H,26,31)(H,27,30). The third kappa shape index (κ3) is 4.16. The molecule has 2 aromatic carbocycles. The van der Waals surface area contributed by atoms with Gasteiger partial charge in [0.25, 0.3) is 5.91 Å². The van der Waals surface area contributed by atoms with Crippen molar-refractivity contribution in [1.29, 1.82) is 0 Å². The summed E-state index contributed by atoms with van der Waals surface area (Å²) in [5.74, 6) is -0.386. The van der Waals surface area contributed by atoms with E-state index in [9.17, 15) is 18.4 Å². The van der Waals surface area contributed by atoms with E-state index >= 15 is 0 Å².